The zero-order valence-electron chi connectivity index (χ0n) is 11.6. The lowest BCUT2D eigenvalue weighted by Crippen LogP contribution is -2.74. The number of aliphatic carboxylic acids is 1. The molecule has 3 fully saturated rings. The van der Waals surface area contributed by atoms with E-state index < -0.39 is 18.1 Å². The van der Waals surface area contributed by atoms with E-state index in [1.807, 2.05) is 0 Å². The van der Waals surface area contributed by atoms with Gasteiger partial charge in [-0.25, -0.2) is 4.79 Å². The summed E-state index contributed by atoms with van der Waals surface area (Å²) < 4.78 is 0. The second-order valence-electron chi connectivity index (χ2n) is 5.81. The van der Waals surface area contributed by atoms with Crippen LogP contribution in [-0.4, -0.2) is 51.0 Å². The number of carboxylic acids is 1. The van der Waals surface area contributed by atoms with Crippen LogP contribution in [0.5, 0.6) is 0 Å². The first kappa shape index (κ1) is 14.4. The fourth-order valence-electron chi connectivity index (χ4n) is 3.29. The topological polar surface area (TPSA) is 86.7 Å². The standard InChI is InChI=1S/C14H18N2O4S/c1-7-6-21-13-9(12(18)16(13)10(7)14(19)20)15-11(17)8-4-2-3-5-8/h8-10,13H,1-6H2,(H,15,17)(H,19,20)/t9?,10?,13-/m0/s1. The van der Waals surface area contributed by atoms with Crippen molar-refractivity contribution in [2.24, 2.45) is 5.92 Å². The van der Waals surface area contributed by atoms with E-state index in [4.69, 9.17) is 0 Å². The van der Waals surface area contributed by atoms with E-state index in [0.717, 1.165) is 25.7 Å². The molecule has 2 unspecified atom stereocenters. The SMILES string of the molecule is C=C1CS[C@H]2C(NC(=O)C3CCCC3)C(=O)N2C1C(=O)O. The van der Waals surface area contributed by atoms with Crippen molar-refractivity contribution in [3.8, 4) is 0 Å². The molecule has 1 saturated carbocycles. The number of nitrogens with one attached hydrogen (secondary N) is 1. The molecular formula is C14H18N2O4S. The minimum atomic E-state index is -1.06. The van der Waals surface area contributed by atoms with Crippen LogP contribution in [0.4, 0.5) is 0 Å². The van der Waals surface area contributed by atoms with E-state index in [2.05, 4.69) is 11.9 Å². The van der Waals surface area contributed by atoms with Crippen LogP contribution >= 0.6 is 11.8 Å². The summed E-state index contributed by atoms with van der Waals surface area (Å²) in [7, 11) is 0. The number of carbonyl (C=O) groups is 3. The molecule has 0 aromatic rings. The van der Waals surface area contributed by atoms with Gasteiger partial charge in [0.25, 0.3) is 0 Å². The number of fused-ring (bicyclic) bond motifs is 1. The van der Waals surface area contributed by atoms with E-state index in [0.29, 0.717) is 11.3 Å². The van der Waals surface area contributed by atoms with E-state index in [-0.39, 0.29) is 23.1 Å². The zero-order chi connectivity index (χ0) is 15.1. The molecule has 0 aromatic heterocycles. The number of hydrogen-bond donors (Lipinski definition) is 2. The maximum Gasteiger partial charge on any atom is 0.330 e. The van der Waals surface area contributed by atoms with Gasteiger partial charge in [-0.15, -0.1) is 11.8 Å². The van der Waals surface area contributed by atoms with Gasteiger partial charge < -0.3 is 15.3 Å². The molecule has 7 heteroatoms. The predicted octanol–water partition coefficient (Wildman–Crippen LogP) is 0.586. The largest absolute Gasteiger partial charge is 0.479 e. The highest BCUT2D eigenvalue weighted by molar-refractivity contribution is 8.00. The molecule has 2 amide bonds. The number of amides is 2. The zero-order valence-corrected chi connectivity index (χ0v) is 12.4. The molecule has 0 radical (unpaired) electrons. The minimum absolute atomic E-state index is 0.00526. The van der Waals surface area contributed by atoms with Crippen molar-refractivity contribution in [2.45, 2.75) is 43.1 Å². The molecule has 6 nitrogen and oxygen atoms in total. The predicted molar refractivity (Wildman–Crippen MR) is 77.5 cm³/mol. The van der Waals surface area contributed by atoms with Crippen LogP contribution in [0.15, 0.2) is 12.2 Å². The number of thioether (sulfide) groups is 1. The van der Waals surface area contributed by atoms with Crippen molar-refractivity contribution in [3.05, 3.63) is 12.2 Å². The fraction of sp³-hybridized carbons (Fsp3) is 0.643. The second-order valence-corrected chi connectivity index (χ2v) is 6.92. The summed E-state index contributed by atoms with van der Waals surface area (Å²) in [5, 5.41) is 11.8. The first-order valence-electron chi connectivity index (χ1n) is 7.15. The van der Waals surface area contributed by atoms with Crippen molar-refractivity contribution < 1.29 is 19.5 Å². The van der Waals surface area contributed by atoms with E-state index in [9.17, 15) is 19.5 Å². The minimum Gasteiger partial charge on any atom is -0.479 e. The quantitative estimate of drug-likeness (QED) is 0.588. The fourth-order valence-corrected chi connectivity index (χ4v) is 4.60. The van der Waals surface area contributed by atoms with Crippen molar-refractivity contribution in [1.82, 2.24) is 10.2 Å². The molecule has 0 aromatic carbocycles. The maximum absolute atomic E-state index is 12.2. The van der Waals surface area contributed by atoms with Crippen LogP contribution in [0, 0.1) is 5.92 Å². The van der Waals surface area contributed by atoms with Gasteiger partial charge in [0, 0.05) is 11.7 Å². The third-order valence-electron chi connectivity index (χ3n) is 4.44. The van der Waals surface area contributed by atoms with Crippen LogP contribution in [-0.2, 0) is 14.4 Å². The highest BCUT2D eigenvalue weighted by atomic mass is 32.2. The third-order valence-corrected chi connectivity index (χ3v) is 5.82. The van der Waals surface area contributed by atoms with Gasteiger partial charge in [0.1, 0.15) is 11.4 Å². The molecule has 1 aliphatic carbocycles. The van der Waals surface area contributed by atoms with Gasteiger partial charge in [-0.2, -0.15) is 0 Å². The molecule has 3 rings (SSSR count). The second kappa shape index (κ2) is 5.36. The molecule has 2 aliphatic heterocycles. The Balaban J connectivity index is 1.67. The number of rotatable bonds is 3. The van der Waals surface area contributed by atoms with E-state index in [1.165, 1.54) is 16.7 Å². The Morgan fingerprint density at radius 1 is 1.33 bits per heavy atom. The normalized spacial score (nSPS) is 32.6. The molecular weight excluding hydrogens is 292 g/mol. The molecule has 2 saturated heterocycles. The number of nitrogens with zero attached hydrogens (tertiary/aromatic N) is 1. The first-order valence-corrected chi connectivity index (χ1v) is 8.20. The van der Waals surface area contributed by atoms with Gasteiger partial charge in [0.05, 0.1) is 0 Å². The van der Waals surface area contributed by atoms with E-state index in [1.54, 1.807) is 0 Å². The Morgan fingerprint density at radius 2 is 2.00 bits per heavy atom. The van der Waals surface area contributed by atoms with Crippen LogP contribution < -0.4 is 5.32 Å². The van der Waals surface area contributed by atoms with Gasteiger partial charge in [-0.1, -0.05) is 19.4 Å². The summed E-state index contributed by atoms with van der Waals surface area (Å²) >= 11 is 1.47. The lowest BCUT2D eigenvalue weighted by molar-refractivity contribution is -0.160. The van der Waals surface area contributed by atoms with Crippen LogP contribution in [0.1, 0.15) is 25.7 Å². The van der Waals surface area contributed by atoms with Crippen molar-refractivity contribution in [2.75, 3.05) is 5.75 Å². The molecule has 2 heterocycles. The summed E-state index contributed by atoms with van der Waals surface area (Å²) in [6.07, 6.45) is 3.87. The monoisotopic (exact) mass is 310 g/mol. The molecule has 0 bridgehead atoms. The Kier molecular flexibility index (Phi) is 3.69. The Labute approximate surface area is 126 Å². The van der Waals surface area contributed by atoms with Gasteiger partial charge >= 0.3 is 5.97 Å². The maximum atomic E-state index is 12.2. The van der Waals surface area contributed by atoms with Crippen LogP contribution in [0.2, 0.25) is 0 Å². The molecule has 114 valence electrons. The van der Waals surface area contributed by atoms with Crippen LogP contribution in [0.3, 0.4) is 0 Å². The molecule has 0 spiro atoms. The van der Waals surface area contributed by atoms with E-state index >= 15 is 0 Å². The molecule has 2 N–H and O–H groups in total. The van der Waals surface area contributed by atoms with Crippen LogP contribution in [0.25, 0.3) is 0 Å². The van der Waals surface area contributed by atoms with Gasteiger partial charge in [0.15, 0.2) is 6.04 Å². The highest BCUT2D eigenvalue weighted by Gasteiger charge is 2.56. The smallest absolute Gasteiger partial charge is 0.330 e. The van der Waals surface area contributed by atoms with Crippen molar-refractivity contribution >= 4 is 29.5 Å². The summed E-state index contributed by atoms with van der Waals surface area (Å²) in [6, 6.07) is -1.54. The lowest BCUT2D eigenvalue weighted by Gasteiger charge is -2.52. The Hall–Kier alpha value is -1.50. The number of carbonyl (C=O) groups excluding carboxylic acids is 2. The summed E-state index contributed by atoms with van der Waals surface area (Å²) in [5.74, 6) is -0.930. The van der Waals surface area contributed by atoms with Gasteiger partial charge in [-0.3, -0.25) is 9.59 Å². The number of carboxylic acid groups (broad SMARTS) is 1. The molecule has 3 aliphatic rings. The third kappa shape index (κ3) is 2.33. The number of β-lactam (4-membered cyclic amide) rings is 1. The Bertz CT molecular complexity index is 515. The summed E-state index contributed by atoms with van der Waals surface area (Å²) in [6.45, 7) is 3.74. The molecule has 21 heavy (non-hydrogen) atoms. The van der Waals surface area contributed by atoms with Gasteiger partial charge in [-0.05, 0) is 18.4 Å². The number of hydrogen-bond acceptors (Lipinski definition) is 4. The summed E-state index contributed by atoms with van der Waals surface area (Å²) in [5.41, 5.74) is 0.526. The average molecular weight is 310 g/mol. The summed E-state index contributed by atoms with van der Waals surface area (Å²) in [4.78, 5) is 36.9. The van der Waals surface area contributed by atoms with Crippen molar-refractivity contribution in [1.29, 1.82) is 0 Å². The molecule has 3 atom stereocenters. The lowest BCUT2D eigenvalue weighted by atomic mass is 9.97. The highest BCUT2D eigenvalue weighted by Crippen LogP contribution is 2.40. The van der Waals surface area contributed by atoms with Crippen molar-refractivity contribution in [3.63, 3.8) is 0 Å². The van der Waals surface area contributed by atoms with Gasteiger partial charge in [0.2, 0.25) is 11.8 Å². The Morgan fingerprint density at radius 3 is 2.62 bits per heavy atom. The average Bonchev–Trinajstić information content (AvgIpc) is 2.98. The first-order chi connectivity index (χ1) is 10.0.